The van der Waals surface area contributed by atoms with E-state index < -0.39 is 0 Å². The molecule has 0 fully saturated rings. The van der Waals surface area contributed by atoms with Gasteiger partial charge < -0.3 is 0 Å². The molecule has 0 saturated heterocycles. The summed E-state index contributed by atoms with van der Waals surface area (Å²) in [6.07, 6.45) is 0. The maximum absolute atomic E-state index is 2.27. The lowest BCUT2D eigenvalue weighted by Gasteiger charge is -2.07. The van der Waals surface area contributed by atoms with Gasteiger partial charge in [0.15, 0.2) is 0 Å². The van der Waals surface area contributed by atoms with Gasteiger partial charge in [0.05, 0.1) is 0 Å². The van der Waals surface area contributed by atoms with Crippen LogP contribution in [0.4, 0.5) is 0 Å². The average Bonchev–Trinajstić information content (AvgIpc) is 2.95. The average molecular weight is 561 g/mol. The van der Waals surface area contributed by atoms with E-state index in [1.165, 1.54) is 77.5 Å². The van der Waals surface area contributed by atoms with E-state index in [1.54, 1.807) is 0 Å². The molecule has 224 valence electrons. The molecule has 0 aliphatic carbocycles. The molecule has 5 aromatic carbocycles. The molecule has 0 heterocycles. The van der Waals surface area contributed by atoms with E-state index in [0.717, 1.165) is 0 Å². The van der Waals surface area contributed by atoms with Crippen molar-refractivity contribution in [3.05, 3.63) is 152 Å². The summed E-state index contributed by atoms with van der Waals surface area (Å²) in [5.41, 5.74) is 16.5. The van der Waals surface area contributed by atoms with Crippen molar-refractivity contribution in [1.29, 1.82) is 0 Å². The highest BCUT2D eigenvalue weighted by Gasteiger charge is 2.00. The van der Waals surface area contributed by atoms with Crippen molar-refractivity contribution < 1.29 is 0 Å². The third-order valence-electron chi connectivity index (χ3n) is 8.03. The van der Waals surface area contributed by atoms with Crippen LogP contribution in [0.5, 0.6) is 0 Å². The molecule has 0 heteroatoms. The first kappa shape index (κ1) is 36.4. The molecule has 0 radical (unpaired) electrons. The Morgan fingerprint density at radius 3 is 0.571 bits per heavy atom. The Morgan fingerprint density at radius 2 is 0.405 bits per heavy atom. The van der Waals surface area contributed by atoms with Gasteiger partial charge in [0, 0.05) is 0 Å². The van der Waals surface area contributed by atoms with Crippen molar-refractivity contribution >= 4 is 10.8 Å². The van der Waals surface area contributed by atoms with Crippen LogP contribution in [0.2, 0.25) is 0 Å². The molecule has 0 atom stereocenters. The van der Waals surface area contributed by atoms with Crippen LogP contribution in [-0.2, 0) is 0 Å². The van der Waals surface area contributed by atoms with Crippen LogP contribution in [-0.4, -0.2) is 0 Å². The van der Waals surface area contributed by atoms with Crippen molar-refractivity contribution in [3.8, 4) is 0 Å². The summed E-state index contributed by atoms with van der Waals surface area (Å²) in [7, 11) is 0. The highest BCUT2D eigenvalue weighted by molar-refractivity contribution is 5.85. The number of benzene rings is 5. The fourth-order valence-electron chi connectivity index (χ4n) is 4.24. The summed E-state index contributed by atoms with van der Waals surface area (Å²) in [4.78, 5) is 0. The standard InChI is InChI=1S/C14H16.C10H14.2C8H10.C2H6/c1-9-5-13-7-11(3)12(4)8-14(13)6-10(9)2;1-7-5-9(3)10(4)6-8(7)2;2*1-7-5-3-4-6-8(7)2;1-2/h5-8H,1-4H3;5-6H,1-4H3;2*3-6H,1-2H3;1-2H3. The van der Waals surface area contributed by atoms with Crippen LogP contribution in [0.15, 0.2) is 84.9 Å². The molecule has 5 rings (SSSR count). The van der Waals surface area contributed by atoms with E-state index in [4.69, 9.17) is 0 Å². The summed E-state index contributed by atoms with van der Waals surface area (Å²) in [6, 6.07) is 30.3. The lowest BCUT2D eigenvalue weighted by molar-refractivity contribution is 1.24. The monoisotopic (exact) mass is 560 g/mol. The highest BCUT2D eigenvalue weighted by atomic mass is 14.1. The molecule has 0 N–H and O–H groups in total. The van der Waals surface area contributed by atoms with Crippen LogP contribution in [0.1, 0.15) is 80.6 Å². The molecule has 0 aliphatic rings. The van der Waals surface area contributed by atoms with Crippen LogP contribution in [0, 0.1) is 83.1 Å². The molecule has 0 saturated carbocycles. The van der Waals surface area contributed by atoms with Crippen molar-refractivity contribution in [2.75, 3.05) is 0 Å². The molecule has 0 unspecified atom stereocenters. The number of fused-ring (bicyclic) bond motifs is 1. The third-order valence-corrected chi connectivity index (χ3v) is 8.03. The summed E-state index contributed by atoms with van der Waals surface area (Å²) < 4.78 is 0. The Morgan fingerprint density at radius 1 is 0.238 bits per heavy atom. The first-order valence-corrected chi connectivity index (χ1v) is 15.4. The molecule has 0 nitrogen and oxygen atoms in total. The lowest BCUT2D eigenvalue weighted by atomic mass is 9.98. The fourth-order valence-corrected chi connectivity index (χ4v) is 4.24. The van der Waals surface area contributed by atoms with Gasteiger partial charge in [0.25, 0.3) is 0 Å². The Kier molecular flexibility index (Phi) is 15.6. The van der Waals surface area contributed by atoms with Crippen molar-refractivity contribution in [2.24, 2.45) is 0 Å². The minimum Gasteiger partial charge on any atom is -0.0683 e. The van der Waals surface area contributed by atoms with Crippen molar-refractivity contribution in [1.82, 2.24) is 0 Å². The van der Waals surface area contributed by atoms with Crippen molar-refractivity contribution in [2.45, 2.75) is 96.9 Å². The van der Waals surface area contributed by atoms with Crippen LogP contribution < -0.4 is 0 Å². The van der Waals surface area contributed by atoms with Gasteiger partial charge in [-0.1, -0.05) is 98.8 Å². The topological polar surface area (TPSA) is 0 Å². The van der Waals surface area contributed by atoms with Crippen LogP contribution in [0.3, 0.4) is 0 Å². The summed E-state index contributed by atoms with van der Waals surface area (Å²) >= 11 is 0. The highest BCUT2D eigenvalue weighted by Crippen LogP contribution is 2.22. The van der Waals surface area contributed by atoms with Crippen molar-refractivity contribution in [3.63, 3.8) is 0 Å². The second-order valence-corrected chi connectivity index (χ2v) is 11.4. The van der Waals surface area contributed by atoms with Gasteiger partial charge in [-0.15, -0.1) is 0 Å². The first-order valence-electron chi connectivity index (χ1n) is 15.4. The largest absolute Gasteiger partial charge is 0.0683 e. The second kappa shape index (κ2) is 18.0. The molecular weight excluding hydrogens is 504 g/mol. The Hall–Kier alpha value is -3.64. The molecule has 0 amide bonds. The van der Waals surface area contributed by atoms with E-state index in [9.17, 15) is 0 Å². The van der Waals surface area contributed by atoms with Gasteiger partial charge >= 0.3 is 0 Å². The zero-order chi connectivity index (χ0) is 32.0. The van der Waals surface area contributed by atoms with Crippen LogP contribution in [0.25, 0.3) is 10.8 Å². The maximum atomic E-state index is 2.27. The lowest BCUT2D eigenvalue weighted by Crippen LogP contribution is -1.86. The van der Waals surface area contributed by atoms with Crippen LogP contribution >= 0.6 is 0 Å². The van der Waals surface area contributed by atoms with Gasteiger partial charge in [-0.05, 0) is 161 Å². The molecular formula is C42H56. The Balaban J connectivity index is 0.000000282. The third kappa shape index (κ3) is 11.7. The minimum absolute atomic E-state index is 1.36. The Labute approximate surface area is 258 Å². The van der Waals surface area contributed by atoms with E-state index in [1.807, 2.05) is 13.8 Å². The smallest absolute Gasteiger partial charge is 0.0178 e. The van der Waals surface area contributed by atoms with Gasteiger partial charge in [-0.2, -0.15) is 0 Å². The van der Waals surface area contributed by atoms with E-state index in [-0.39, 0.29) is 0 Å². The van der Waals surface area contributed by atoms with E-state index >= 15 is 0 Å². The summed E-state index contributed by atoms with van der Waals surface area (Å²) in [5, 5.41) is 2.72. The number of rotatable bonds is 0. The quantitative estimate of drug-likeness (QED) is 0.177. The summed E-state index contributed by atoms with van der Waals surface area (Å²) in [6.45, 7) is 29.8. The molecule has 0 bridgehead atoms. The molecule has 42 heavy (non-hydrogen) atoms. The predicted octanol–water partition coefficient (Wildman–Crippen LogP) is 12.6. The molecule has 0 aromatic heterocycles. The second-order valence-electron chi connectivity index (χ2n) is 11.4. The maximum Gasteiger partial charge on any atom is -0.0178 e. The normalized spacial score (nSPS) is 9.67. The minimum atomic E-state index is 1.36. The Bertz CT molecular complexity index is 1320. The molecule has 0 aliphatic heterocycles. The predicted molar refractivity (Wildman–Crippen MR) is 191 cm³/mol. The van der Waals surface area contributed by atoms with E-state index in [2.05, 4.69) is 168 Å². The van der Waals surface area contributed by atoms with E-state index in [0.29, 0.717) is 0 Å². The fraction of sp³-hybridized carbons (Fsp3) is 0.333. The molecule has 0 spiro atoms. The number of hydrogen-bond donors (Lipinski definition) is 0. The number of hydrogen-bond acceptors (Lipinski definition) is 0. The van der Waals surface area contributed by atoms with Gasteiger partial charge in [-0.25, -0.2) is 0 Å². The van der Waals surface area contributed by atoms with Gasteiger partial charge in [-0.3, -0.25) is 0 Å². The SMILES string of the molecule is CC.Cc1cc(C)c(C)cc1C.Cc1cc2cc(C)c(C)cc2cc1C.Cc1ccccc1C.Cc1ccccc1C. The zero-order valence-corrected chi connectivity index (χ0v) is 29.1. The first-order chi connectivity index (χ1) is 19.8. The van der Waals surface area contributed by atoms with Gasteiger partial charge in [0.1, 0.15) is 0 Å². The van der Waals surface area contributed by atoms with Gasteiger partial charge in [0.2, 0.25) is 0 Å². The summed E-state index contributed by atoms with van der Waals surface area (Å²) in [5.74, 6) is 0. The zero-order valence-electron chi connectivity index (χ0n) is 29.1. The molecule has 5 aromatic rings. The number of aryl methyl sites for hydroxylation is 12.